The maximum absolute atomic E-state index is 12.5. The predicted molar refractivity (Wildman–Crippen MR) is 75.8 cm³/mol. The summed E-state index contributed by atoms with van der Waals surface area (Å²) in [7, 11) is -1.82. The minimum absolute atomic E-state index is 0.289. The Morgan fingerprint density at radius 1 is 1.44 bits per heavy atom. The molecule has 0 spiro atoms. The van der Waals surface area contributed by atoms with Crippen LogP contribution in [0.2, 0.25) is 0 Å². The Kier molecular flexibility index (Phi) is 3.71. The molecule has 0 atom stereocenters. The van der Waals surface area contributed by atoms with E-state index in [9.17, 15) is 8.42 Å². The van der Waals surface area contributed by atoms with Gasteiger partial charge in [0.05, 0.1) is 4.90 Å². The lowest BCUT2D eigenvalue weighted by Gasteiger charge is -2.19. The van der Waals surface area contributed by atoms with Crippen molar-refractivity contribution >= 4 is 31.6 Å². The van der Waals surface area contributed by atoms with Gasteiger partial charge in [0.1, 0.15) is 0 Å². The number of rotatable bonds is 4. The molecule has 0 bridgehead atoms. The number of nitrogens with two attached hydrogens (primary N) is 1. The average Bonchev–Trinajstić information content (AvgIpc) is 3.06. The summed E-state index contributed by atoms with van der Waals surface area (Å²) in [6.45, 7) is 2.33. The van der Waals surface area contributed by atoms with E-state index in [1.54, 1.807) is 26.1 Å². The van der Waals surface area contributed by atoms with Crippen molar-refractivity contribution in [2.45, 2.75) is 24.7 Å². The van der Waals surface area contributed by atoms with Crippen molar-refractivity contribution in [3.8, 4) is 0 Å². The fourth-order valence-corrected chi connectivity index (χ4v) is 4.02. The molecule has 1 fully saturated rings. The zero-order valence-electron chi connectivity index (χ0n) is 10.5. The number of hydrogen-bond acceptors (Lipinski definition) is 3. The topological polar surface area (TPSA) is 63.4 Å². The van der Waals surface area contributed by atoms with Crippen LogP contribution in [0.15, 0.2) is 21.5 Å². The van der Waals surface area contributed by atoms with Crippen molar-refractivity contribution < 1.29 is 8.42 Å². The third-order valence-electron chi connectivity index (χ3n) is 3.27. The first-order chi connectivity index (χ1) is 8.32. The fraction of sp³-hybridized carbons (Fsp3) is 0.500. The van der Waals surface area contributed by atoms with Gasteiger partial charge < -0.3 is 5.73 Å². The molecule has 1 aromatic rings. The van der Waals surface area contributed by atoms with Crippen molar-refractivity contribution in [1.82, 2.24) is 4.31 Å². The van der Waals surface area contributed by atoms with Crippen molar-refractivity contribution in [3.63, 3.8) is 0 Å². The number of anilines is 1. The van der Waals surface area contributed by atoms with Crippen molar-refractivity contribution in [2.24, 2.45) is 5.92 Å². The molecular weight excluding hydrogens is 316 g/mol. The second-order valence-electron chi connectivity index (χ2n) is 4.85. The Labute approximate surface area is 116 Å². The Bertz CT molecular complexity index is 568. The van der Waals surface area contributed by atoms with Gasteiger partial charge >= 0.3 is 0 Å². The Morgan fingerprint density at radius 2 is 2.06 bits per heavy atom. The molecule has 0 radical (unpaired) electrons. The molecule has 0 aromatic heterocycles. The molecule has 18 heavy (non-hydrogen) atoms. The molecular formula is C12H17BrN2O2S. The number of hydrogen-bond donors (Lipinski definition) is 1. The van der Waals surface area contributed by atoms with Crippen LogP contribution in [0, 0.1) is 12.8 Å². The van der Waals surface area contributed by atoms with Gasteiger partial charge in [-0.25, -0.2) is 12.7 Å². The fourth-order valence-electron chi connectivity index (χ4n) is 1.87. The highest BCUT2D eigenvalue weighted by Gasteiger charge is 2.30. The number of sulfonamides is 1. The Morgan fingerprint density at radius 3 is 2.61 bits per heavy atom. The second kappa shape index (κ2) is 4.83. The van der Waals surface area contributed by atoms with Gasteiger partial charge in [-0.1, -0.05) is 15.9 Å². The zero-order chi connectivity index (χ0) is 13.5. The monoisotopic (exact) mass is 332 g/mol. The van der Waals surface area contributed by atoms with E-state index in [1.807, 2.05) is 0 Å². The SMILES string of the molecule is Cc1c(N)cc(Br)cc1S(=O)(=O)N(C)CC1CC1. The van der Waals surface area contributed by atoms with Crippen LogP contribution in [-0.2, 0) is 10.0 Å². The van der Waals surface area contributed by atoms with E-state index in [4.69, 9.17) is 5.73 Å². The van der Waals surface area contributed by atoms with E-state index in [-0.39, 0.29) is 4.90 Å². The van der Waals surface area contributed by atoms with E-state index >= 15 is 0 Å². The predicted octanol–water partition coefficient (Wildman–Crippen LogP) is 2.37. The van der Waals surface area contributed by atoms with Crippen LogP contribution in [-0.4, -0.2) is 26.3 Å². The third kappa shape index (κ3) is 2.70. The lowest BCUT2D eigenvalue weighted by Crippen LogP contribution is -2.29. The van der Waals surface area contributed by atoms with E-state index in [0.29, 0.717) is 28.2 Å². The zero-order valence-corrected chi connectivity index (χ0v) is 12.9. The molecule has 4 nitrogen and oxygen atoms in total. The normalized spacial score (nSPS) is 16.2. The van der Waals surface area contributed by atoms with E-state index in [0.717, 1.165) is 12.8 Å². The summed E-state index contributed by atoms with van der Waals surface area (Å²) in [5, 5.41) is 0. The summed E-state index contributed by atoms with van der Waals surface area (Å²) in [6, 6.07) is 3.33. The molecule has 1 aliphatic rings. The summed E-state index contributed by atoms with van der Waals surface area (Å²) in [6.07, 6.45) is 2.25. The van der Waals surface area contributed by atoms with Crippen LogP contribution in [0.25, 0.3) is 0 Å². The minimum atomic E-state index is -3.45. The standard InChI is InChI=1S/C12H17BrN2O2S/c1-8-11(14)5-10(13)6-12(8)18(16,17)15(2)7-9-3-4-9/h5-6,9H,3-4,7,14H2,1-2H3. The molecule has 0 unspecified atom stereocenters. The van der Waals surface area contributed by atoms with E-state index < -0.39 is 10.0 Å². The summed E-state index contributed by atoms with van der Waals surface area (Å²) in [5.74, 6) is 0.523. The largest absolute Gasteiger partial charge is 0.398 e. The van der Waals surface area contributed by atoms with Gasteiger partial charge in [-0.3, -0.25) is 0 Å². The molecule has 0 saturated heterocycles. The van der Waals surface area contributed by atoms with Gasteiger partial charge in [-0.05, 0) is 43.4 Å². The van der Waals surface area contributed by atoms with Gasteiger partial charge in [0.25, 0.3) is 0 Å². The number of benzene rings is 1. The van der Waals surface area contributed by atoms with Crippen LogP contribution in [0.3, 0.4) is 0 Å². The maximum Gasteiger partial charge on any atom is 0.243 e. The van der Waals surface area contributed by atoms with Crippen molar-refractivity contribution in [2.75, 3.05) is 19.3 Å². The molecule has 0 aliphatic heterocycles. The highest BCUT2D eigenvalue weighted by Crippen LogP contribution is 2.33. The van der Waals surface area contributed by atoms with Gasteiger partial charge in [0, 0.05) is 23.8 Å². The van der Waals surface area contributed by atoms with Crippen LogP contribution in [0.4, 0.5) is 5.69 Å². The lowest BCUT2D eigenvalue weighted by atomic mass is 10.2. The summed E-state index contributed by atoms with van der Waals surface area (Å²) >= 11 is 3.29. The molecule has 100 valence electrons. The van der Waals surface area contributed by atoms with Gasteiger partial charge in [0.2, 0.25) is 10.0 Å². The average molecular weight is 333 g/mol. The first-order valence-corrected chi connectivity index (χ1v) is 8.07. The van der Waals surface area contributed by atoms with E-state index in [1.165, 1.54) is 4.31 Å². The van der Waals surface area contributed by atoms with Crippen molar-refractivity contribution in [3.05, 3.63) is 22.2 Å². The quantitative estimate of drug-likeness (QED) is 0.861. The summed E-state index contributed by atoms with van der Waals surface area (Å²) in [5.41, 5.74) is 6.92. The molecule has 2 N–H and O–H groups in total. The van der Waals surface area contributed by atoms with E-state index in [2.05, 4.69) is 15.9 Å². The number of halogens is 1. The van der Waals surface area contributed by atoms with Crippen LogP contribution < -0.4 is 5.73 Å². The van der Waals surface area contributed by atoms with Crippen molar-refractivity contribution in [1.29, 1.82) is 0 Å². The molecule has 0 amide bonds. The first-order valence-electron chi connectivity index (χ1n) is 5.84. The lowest BCUT2D eigenvalue weighted by molar-refractivity contribution is 0.452. The Hall–Kier alpha value is -0.590. The van der Waals surface area contributed by atoms with Gasteiger partial charge in [-0.2, -0.15) is 0 Å². The first kappa shape index (κ1) is 13.8. The second-order valence-corrected chi connectivity index (χ2v) is 7.78. The van der Waals surface area contributed by atoms with Gasteiger partial charge in [0.15, 0.2) is 0 Å². The molecule has 1 aromatic carbocycles. The van der Waals surface area contributed by atoms with Crippen LogP contribution >= 0.6 is 15.9 Å². The van der Waals surface area contributed by atoms with Crippen LogP contribution in [0.1, 0.15) is 18.4 Å². The third-order valence-corrected chi connectivity index (χ3v) is 5.67. The minimum Gasteiger partial charge on any atom is -0.398 e. The summed E-state index contributed by atoms with van der Waals surface area (Å²) < 4.78 is 27.1. The van der Waals surface area contributed by atoms with Gasteiger partial charge in [-0.15, -0.1) is 0 Å². The highest BCUT2D eigenvalue weighted by molar-refractivity contribution is 9.10. The number of nitrogen functional groups attached to an aromatic ring is 1. The smallest absolute Gasteiger partial charge is 0.243 e. The molecule has 1 aliphatic carbocycles. The number of nitrogens with zero attached hydrogens (tertiary/aromatic N) is 1. The summed E-state index contributed by atoms with van der Waals surface area (Å²) in [4.78, 5) is 0.289. The maximum atomic E-state index is 12.5. The molecule has 6 heteroatoms. The molecule has 2 rings (SSSR count). The molecule has 0 heterocycles. The Balaban J connectivity index is 2.39. The molecule has 1 saturated carbocycles. The van der Waals surface area contributed by atoms with Crippen LogP contribution in [0.5, 0.6) is 0 Å². The highest BCUT2D eigenvalue weighted by atomic mass is 79.9.